The van der Waals surface area contributed by atoms with E-state index in [-0.39, 0.29) is 38.5 Å². The third kappa shape index (κ3) is 6.55. The molecule has 3 aromatic rings. The zero-order valence-electron chi connectivity index (χ0n) is 19.4. The fraction of sp³-hybridized carbons (Fsp3) is 0.0435. The summed E-state index contributed by atoms with van der Waals surface area (Å²) in [6, 6.07) is 10.6. The molecule has 0 atom stereocenters. The average Bonchev–Trinajstić information content (AvgIpc) is 2.89. The number of methoxy groups -OCH3 is 1. The first-order valence-corrected chi connectivity index (χ1v) is 11.1. The van der Waals surface area contributed by atoms with Crippen molar-refractivity contribution in [1.82, 2.24) is 0 Å². The van der Waals surface area contributed by atoms with Crippen molar-refractivity contribution >= 4 is 57.9 Å². The number of carbonyl (C=O) groups is 1. The van der Waals surface area contributed by atoms with E-state index in [1.54, 1.807) is 6.07 Å². The van der Waals surface area contributed by atoms with E-state index in [1.165, 1.54) is 25.3 Å². The molecule has 198 valence electrons. The van der Waals surface area contributed by atoms with Gasteiger partial charge in [0.15, 0.2) is 11.5 Å². The summed E-state index contributed by atoms with van der Waals surface area (Å²) in [6.45, 7) is 0. The van der Waals surface area contributed by atoms with Gasteiger partial charge < -0.3 is 14.8 Å². The normalized spacial score (nSPS) is 10.8. The molecule has 0 saturated carbocycles. The number of anilines is 1. The topological polar surface area (TPSA) is 201 Å². The lowest BCUT2D eigenvalue weighted by molar-refractivity contribution is -0.394. The summed E-state index contributed by atoms with van der Waals surface area (Å²) in [7, 11) is 1.30. The number of carbonyl (C=O) groups excluding carboxylic acids is 1. The van der Waals surface area contributed by atoms with E-state index in [2.05, 4.69) is 5.32 Å². The Balaban J connectivity index is 1.96. The van der Waals surface area contributed by atoms with E-state index < -0.39 is 43.3 Å². The minimum atomic E-state index is -0.945. The highest BCUT2D eigenvalue weighted by atomic mass is 35.5. The van der Waals surface area contributed by atoms with E-state index in [0.717, 1.165) is 36.4 Å². The number of nitrogens with one attached hydrogen (secondary N) is 1. The van der Waals surface area contributed by atoms with Crippen molar-refractivity contribution in [3.63, 3.8) is 0 Å². The van der Waals surface area contributed by atoms with Crippen LogP contribution < -0.4 is 14.8 Å². The monoisotopic (exact) mass is 573 g/mol. The highest BCUT2D eigenvalue weighted by molar-refractivity contribution is 6.40. The molecule has 0 spiro atoms. The Morgan fingerprint density at radius 1 is 0.897 bits per heavy atom. The first-order valence-electron chi connectivity index (χ1n) is 10.3. The molecule has 0 bridgehead atoms. The summed E-state index contributed by atoms with van der Waals surface area (Å²) in [4.78, 5) is 43.7. The van der Waals surface area contributed by atoms with Crippen molar-refractivity contribution in [1.29, 1.82) is 5.26 Å². The second-order valence-corrected chi connectivity index (χ2v) is 8.16. The van der Waals surface area contributed by atoms with Crippen LogP contribution in [0.5, 0.6) is 17.2 Å². The number of nitrogens with zero attached hydrogens (tertiary/aromatic N) is 4. The smallest absolute Gasteiger partial charge is 0.318 e. The first kappa shape index (κ1) is 28.3. The molecule has 39 heavy (non-hydrogen) atoms. The van der Waals surface area contributed by atoms with Gasteiger partial charge in [-0.2, -0.15) is 5.26 Å². The molecule has 0 saturated heterocycles. The SMILES string of the molecule is COc1ccc(/C=C(\C#N)C(=O)Nc2c(Cl)cc([N+](=O)[O-])cc2Cl)cc1Oc1ccc([N+](=O)[O-])cc1[N+](=O)[O-]. The Kier molecular flexibility index (Phi) is 8.61. The summed E-state index contributed by atoms with van der Waals surface area (Å²) in [5, 5.41) is 44.8. The average molecular weight is 574 g/mol. The molecule has 0 fully saturated rings. The second-order valence-electron chi connectivity index (χ2n) is 7.34. The second kappa shape index (κ2) is 11.9. The number of benzene rings is 3. The first-order chi connectivity index (χ1) is 18.4. The van der Waals surface area contributed by atoms with E-state index >= 15 is 0 Å². The van der Waals surface area contributed by atoms with Gasteiger partial charge in [0.1, 0.15) is 11.6 Å². The van der Waals surface area contributed by atoms with Crippen molar-refractivity contribution in [3.05, 3.63) is 100 Å². The summed E-state index contributed by atoms with van der Waals surface area (Å²) in [6.07, 6.45) is 1.15. The molecule has 0 aliphatic rings. The van der Waals surface area contributed by atoms with Crippen LogP contribution in [0, 0.1) is 41.7 Å². The number of hydrogen-bond donors (Lipinski definition) is 1. The molecule has 14 nitrogen and oxygen atoms in total. The highest BCUT2D eigenvalue weighted by Crippen LogP contribution is 2.39. The lowest BCUT2D eigenvalue weighted by atomic mass is 10.1. The number of nitro groups is 3. The van der Waals surface area contributed by atoms with Gasteiger partial charge in [-0.1, -0.05) is 29.3 Å². The fourth-order valence-electron chi connectivity index (χ4n) is 3.11. The standard InChI is InChI=1S/C23H13Cl2N5O9/c1-38-20-4-2-12(7-21(20)39-19-5-3-14(28(32)33)10-18(19)30(36)37)6-13(11-26)23(31)27-22-16(24)8-15(29(34)35)9-17(22)25/h2-10H,1H3,(H,27,31)/b13-6+. The maximum absolute atomic E-state index is 12.7. The number of ether oxygens (including phenoxy) is 2. The van der Waals surface area contributed by atoms with Gasteiger partial charge >= 0.3 is 5.69 Å². The lowest BCUT2D eigenvalue weighted by Crippen LogP contribution is -2.14. The van der Waals surface area contributed by atoms with Crippen LogP contribution in [-0.4, -0.2) is 27.8 Å². The molecular weight excluding hydrogens is 561 g/mol. The quantitative estimate of drug-likeness (QED) is 0.135. The van der Waals surface area contributed by atoms with Gasteiger partial charge in [-0.3, -0.25) is 35.1 Å². The largest absolute Gasteiger partial charge is 0.493 e. The zero-order chi connectivity index (χ0) is 28.9. The molecule has 0 aliphatic heterocycles. The van der Waals surface area contributed by atoms with Crippen molar-refractivity contribution in [3.8, 4) is 23.3 Å². The molecule has 1 N–H and O–H groups in total. The molecule has 0 heterocycles. The van der Waals surface area contributed by atoms with E-state index in [0.29, 0.717) is 0 Å². The molecule has 0 aliphatic carbocycles. The minimum Gasteiger partial charge on any atom is -0.493 e. The van der Waals surface area contributed by atoms with Gasteiger partial charge in [-0.15, -0.1) is 0 Å². The summed E-state index contributed by atoms with van der Waals surface area (Å²) in [5.41, 5.74) is -1.96. The van der Waals surface area contributed by atoms with Crippen molar-refractivity contribution in [2.24, 2.45) is 0 Å². The van der Waals surface area contributed by atoms with Crippen molar-refractivity contribution in [2.45, 2.75) is 0 Å². The van der Waals surface area contributed by atoms with Gasteiger partial charge in [0.05, 0.1) is 43.7 Å². The van der Waals surface area contributed by atoms with E-state index in [4.69, 9.17) is 32.7 Å². The number of rotatable bonds is 9. The maximum atomic E-state index is 12.7. The van der Waals surface area contributed by atoms with Crippen LogP contribution in [0.2, 0.25) is 10.0 Å². The van der Waals surface area contributed by atoms with Crippen molar-refractivity contribution in [2.75, 3.05) is 12.4 Å². The molecule has 0 radical (unpaired) electrons. The molecule has 16 heteroatoms. The Labute approximate surface area is 228 Å². The zero-order valence-corrected chi connectivity index (χ0v) is 20.9. The number of amides is 1. The Morgan fingerprint density at radius 3 is 2.05 bits per heavy atom. The molecular formula is C23H13Cl2N5O9. The number of nitriles is 1. The molecule has 0 unspecified atom stereocenters. The lowest BCUT2D eigenvalue weighted by Gasteiger charge is -2.12. The Hall–Kier alpha value is -5.26. The van der Waals surface area contributed by atoms with Crippen molar-refractivity contribution < 1.29 is 29.0 Å². The van der Waals surface area contributed by atoms with E-state index in [1.807, 2.05) is 0 Å². The van der Waals surface area contributed by atoms with Gasteiger partial charge in [0, 0.05) is 18.2 Å². The predicted octanol–water partition coefficient (Wildman–Crippen LogP) is 6.06. The van der Waals surface area contributed by atoms with Gasteiger partial charge in [0.2, 0.25) is 5.75 Å². The van der Waals surface area contributed by atoms with Crippen LogP contribution in [0.1, 0.15) is 5.56 Å². The van der Waals surface area contributed by atoms with Gasteiger partial charge in [0.25, 0.3) is 17.3 Å². The van der Waals surface area contributed by atoms with E-state index in [9.17, 15) is 40.4 Å². The van der Waals surface area contributed by atoms with Gasteiger partial charge in [-0.25, -0.2) is 0 Å². The van der Waals surface area contributed by atoms with Crippen LogP contribution in [0.25, 0.3) is 6.08 Å². The van der Waals surface area contributed by atoms with Crippen LogP contribution in [0.3, 0.4) is 0 Å². The number of halogens is 2. The molecule has 3 aromatic carbocycles. The summed E-state index contributed by atoms with van der Waals surface area (Å²) in [5.74, 6) is -1.22. The fourth-order valence-corrected chi connectivity index (χ4v) is 3.68. The summed E-state index contributed by atoms with van der Waals surface area (Å²) >= 11 is 12.0. The Bertz CT molecular complexity index is 1580. The van der Waals surface area contributed by atoms with Crippen LogP contribution in [-0.2, 0) is 4.79 Å². The summed E-state index contributed by atoms with van der Waals surface area (Å²) < 4.78 is 10.8. The Morgan fingerprint density at radius 2 is 1.51 bits per heavy atom. The maximum Gasteiger partial charge on any atom is 0.318 e. The number of hydrogen-bond acceptors (Lipinski definition) is 10. The third-order valence-corrected chi connectivity index (χ3v) is 5.51. The van der Waals surface area contributed by atoms with Gasteiger partial charge in [-0.05, 0) is 29.8 Å². The predicted molar refractivity (Wildman–Crippen MR) is 138 cm³/mol. The van der Waals surface area contributed by atoms with Crippen LogP contribution in [0.15, 0.2) is 54.1 Å². The molecule has 1 amide bonds. The van der Waals surface area contributed by atoms with Crippen LogP contribution >= 0.6 is 23.2 Å². The molecule has 3 rings (SSSR count). The number of nitro benzene ring substituents is 3. The minimum absolute atomic E-state index is 0.0673. The number of non-ortho nitro benzene ring substituents is 2. The molecule has 0 aromatic heterocycles. The van der Waals surface area contributed by atoms with Crippen LogP contribution in [0.4, 0.5) is 22.7 Å². The highest BCUT2D eigenvalue weighted by Gasteiger charge is 2.23. The third-order valence-electron chi connectivity index (χ3n) is 4.91.